The molecule has 1 aromatic carbocycles. The lowest BCUT2D eigenvalue weighted by Gasteiger charge is -2.33. The number of benzene rings is 1. The molecule has 6 heterocycles. The van der Waals surface area contributed by atoms with Gasteiger partial charge in [-0.25, -0.2) is 13.8 Å². The Morgan fingerprint density at radius 2 is 2.02 bits per heavy atom. The molecular weight excluding hydrogens is 610 g/mol. The van der Waals surface area contributed by atoms with Gasteiger partial charge in [0.15, 0.2) is 0 Å². The first-order valence-electron chi connectivity index (χ1n) is 14.9. The highest BCUT2D eigenvalue weighted by molar-refractivity contribution is 7.18. The number of rotatable bonds is 6. The number of aromatic nitrogens is 4. The van der Waals surface area contributed by atoms with Gasteiger partial charge in [0.25, 0.3) is 0 Å². The lowest BCUT2D eigenvalue weighted by molar-refractivity contribution is -0.129. The number of thiophene rings is 1. The Balaban J connectivity index is 1.49. The first-order chi connectivity index (χ1) is 22.1. The Morgan fingerprint density at radius 3 is 2.80 bits per heavy atom. The number of pyridine rings is 2. The summed E-state index contributed by atoms with van der Waals surface area (Å²) >= 11 is 1.41. The van der Waals surface area contributed by atoms with Gasteiger partial charge >= 0.3 is 0 Å². The van der Waals surface area contributed by atoms with Crippen molar-refractivity contribution in [2.24, 2.45) is 0 Å². The van der Waals surface area contributed by atoms with Crippen molar-refractivity contribution in [1.82, 2.24) is 30.0 Å². The summed E-state index contributed by atoms with van der Waals surface area (Å²) in [6.07, 6.45) is 2.84. The number of hydrogen-bond acceptors (Lipinski definition) is 7. The molecule has 0 unspecified atom stereocenters. The van der Waals surface area contributed by atoms with E-state index in [1.54, 1.807) is 24.9 Å². The van der Waals surface area contributed by atoms with Crippen molar-refractivity contribution in [3.8, 4) is 39.5 Å². The minimum atomic E-state index is -0.785. The maximum absolute atomic E-state index is 16.0. The van der Waals surface area contributed by atoms with Gasteiger partial charge < -0.3 is 15.0 Å². The van der Waals surface area contributed by atoms with Crippen LogP contribution in [0.5, 0.6) is 5.75 Å². The number of halogens is 2. The summed E-state index contributed by atoms with van der Waals surface area (Å²) in [5.74, 6) is -1.74. The van der Waals surface area contributed by atoms with Crippen LogP contribution in [0.1, 0.15) is 37.7 Å². The van der Waals surface area contributed by atoms with E-state index in [0.717, 1.165) is 28.3 Å². The molecule has 2 amide bonds. The normalized spacial score (nSPS) is 15.9. The molecule has 0 aliphatic carbocycles. The summed E-state index contributed by atoms with van der Waals surface area (Å²) in [4.78, 5) is 36.0. The molecule has 12 heteroatoms. The average Bonchev–Trinajstić information content (AvgIpc) is 3.66. The SMILES string of the molecule is C=CC(=O)N1Cc2cc(-c3nc(-c4cnc5c(c4)CNC(=O)C5)c4ccsc4c3-c3c(F)cc(F)cc3OC(C)C)nn2C[C@H]1C. The van der Waals surface area contributed by atoms with Crippen LogP contribution in [0, 0.1) is 11.6 Å². The summed E-state index contributed by atoms with van der Waals surface area (Å²) in [6, 6.07) is 7.65. The predicted octanol–water partition coefficient (Wildman–Crippen LogP) is 6.04. The third-order valence-electron chi connectivity index (χ3n) is 8.24. The molecule has 4 aromatic heterocycles. The summed E-state index contributed by atoms with van der Waals surface area (Å²) in [7, 11) is 0. The fraction of sp³-hybridized carbons (Fsp3) is 0.265. The van der Waals surface area contributed by atoms with E-state index < -0.39 is 11.6 Å². The van der Waals surface area contributed by atoms with Gasteiger partial charge in [-0.1, -0.05) is 6.58 Å². The molecule has 0 saturated carbocycles. The Hall–Kier alpha value is -4.97. The molecule has 9 nitrogen and oxygen atoms in total. The number of nitrogens with zero attached hydrogens (tertiary/aromatic N) is 5. The quantitative estimate of drug-likeness (QED) is 0.227. The first kappa shape index (κ1) is 29.7. The molecule has 0 bridgehead atoms. The third-order valence-corrected chi connectivity index (χ3v) is 9.17. The van der Waals surface area contributed by atoms with E-state index in [1.807, 2.05) is 35.2 Å². The van der Waals surface area contributed by atoms with Crippen molar-refractivity contribution in [1.29, 1.82) is 0 Å². The summed E-state index contributed by atoms with van der Waals surface area (Å²) in [6.45, 7) is 10.3. The molecule has 234 valence electrons. The van der Waals surface area contributed by atoms with Gasteiger partial charge in [-0.15, -0.1) is 11.3 Å². The Morgan fingerprint density at radius 1 is 1.20 bits per heavy atom. The van der Waals surface area contributed by atoms with E-state index in [9.17, 15) is 14.0 Å². The van der Waals surface area contributed by atoms with E-state index in [0.29, 0.717) is 52.7 Å². The molecular formula is C34H30F2N6O3S. The van der Waals surface area contributed by atoms with Gasteiger partial charge in [0.05, 0.1) is 48.3 Å². The second-order valence-corrected chi connectivity index (χ2v) is 12.7. The largest absolute Gasteiger partial charge is 0.490 e. The highest BCUT2D eigenvalue weighted by Crippen LogP contribution is 2.47. The molecule has 0 radical (unpaired) electrons. The zero-order valence-corrected chi connectivity index (χ0v) is 26.3. The number of amides is 2. The van der Waals surface area contributed by atoms with E-state index in [4.69, 9.17) is 14.8 Å². The van der Waals surface area contributed by atoms with E-state index in [-0.39, 0.29) is 41.7 Å². The second kappa shape index (κ2) is 11.4. The highest BCUT2D eigenvalue weighted by atomic mass is 32.1. The molecule has 1 N–H and O–H groups in total. The minimum Gasteiger partial charge on any atom is -0.490 e. The lowest BCUT2D eigenvalue weighted by Crippen LogP contribution is -2.44. The van der Waals surface area contributed by atoms with Crippen LogP contribution in [0.25, 0.3) is 43.9 Å². The van der Waals surface area contributed by atoms with Crippen LogP contribution >= 0.6 is 11.3 Å². The Labute approximate surface area is 267 Å². The van der Waals surface area contributed by atoms with Gasteiger partial charge in [-0.3, -0.25) is 19.3 Å². The summed E-state index contributed by atoms with van der Waals surface area (Å²) < 4.78 is 39.2. The Kier molecular flexibility index (Phi) is 7.39. The molecule has 5 aromatic rings. The van der Waals surface area contributed by atoms with Crippen LogP contribution < -0.4 is 10.1 Å². The number of nitrogens with one attached hydrogen (secondary N) is 1. The Bertz CT molecular complexity index is 2070. The number of ether oxygens (including phenoxy) is 1. The molecule has 1 atom stereocenters. The van der Waals surface area contributed by atoms with Crippen molar-refractivity contribution < 1.29 is 23.1 Å². The molecule has 0 saturated heterocycles. The van der Waals surface area contributed by atoms with E-state index in [1.165, 1.54) is 23.5 Å². The molecule has 2 aliphatic rings. The van der Waals surface area contributed by atoms with Gasteiger partial charge in [0.2, 0.25) is 11.8 Å². The van der Waals surface area contributed by atoms with E-state index >= 15 is 4.39 Å². The molecule has 0 spiro atoms. The highest BCUT2D eigenvalue weighted by Gasteiger charge is 2.31. The maximum Gasteiger partial charge on any atom is 0.246 e. The topological polar surface area (TPSA) is 102 Å². The third kappa shape index (κ3) is 5.12. The van der Waals surface area contributed by atoms with Crippen LogP contribution in [0.2, 0.25) is 0 Å². The average molecular weight is 641 g/mol. The maximum atomic E-state index is 16.0. The van der Waals surface area contributed by atoms with Gasteiger partial charge in [0.1, 0.15) is 28.8 Å². The lowest BCUT2D eigenvalue weighted by atomic mass is 9.96. The zero-order valence-electron chi connectivity index (χ0n) is 25.4. The molecule has 7 rings (SSSR count). The summed E-state index contributed by atoms with van der Waals surface area (Å²) in [5.41, 5.74) is 5.10. The van der Waals surface area contributed by atoms with Crippen LogP contribution in [0.3, 0.4) is 0 Å². The fourth-order valence-electron chi connectivity index (χ4n) is 6.14. The molecule has 0 fully saturated rings. The van der Waals surface area contributed by atoms with Crippen molar-refractivity contribution >= 4 is 33.2 Å². The standard InChI is InChI=1S/C34H30F2N6O3S/c1-5-29(44)41-16-22-11-26(40-42(22)15-18(41)4)33-31(30-24(36)9-21(35)10-27(30)45-17(2)3)34-23(6-7-46-34)32(39-33)20-8-19-13-38-28(43)12-25(19)37-14-20/h5-11,14,17-18H,1,12-13,15-16H2,2-4H3,(H,38,43)/t18-/m1/s1. The van der Waals surface area contributed by atoms with Crippen LogP contribution in [-0.4, -0.2) is 48.6 Å². The van der Waals surface area contributed by atoms with Crippen LogP contribution in [0.15, 0.2) is 54.6 Å². The first-order valence-corrected chi connectivity index (χ1v) is 15.8. The van der Waals surface area contributed by atoms with Crippen molar-refractivity contribution in [2.45, 2.75) is 59.0 Å². The molecule has 46 heavy (non-hydrogen) atoms. The van der Waals surface area contributed by atoms with Gasteiger partial charge in [0, 0.05) is 52.1 Å². The number of carbonyl (C=O) groups excluding carboxylic acids is 2. The smallest absolute Gasteiger partial charge is 0.246 e. The van der Waals surface area contributed by atoms with Gasteiger partial charge in [-0.2, -0.15) is 5.10 Å². The van der Waals surface area contributed by atoms with Gasteiger partial charge in [-0.05, 0) is 56.0 Å². The van der Waals surface area contributed by atoms with Crippen LogP contribution in [0.4, 0.5) is 8.78 Å². The number of fused-ring (bicyclic) bond motifs is 3. The number of carbonyl (C=O) groups is 2. The minimum absolute atomic E-state index is 0.0598. The number of hydrogen-bond donors (Lipinski definition) is 1. The summed E-state index contributed by atoms with van der Waals surface area (Å²) in [5, 5.41) is 10.4. The van der Waals surface area contributed by atoms with E-state index in [2.05, 4.69) is 16.9 Å². The van der Waals surface area contributed by atoms with Crippen molar-refractivity contribution in [2.75, 3.05) is 0 Å². The fourth-order valence-corrected chi connectivity index (χ4v) is 7.09. The van der Waals surface area contributed by atoms with Crippen molar-refractivity contribution in [3.63, 3.8) is 0 Å². The predicted molar refractivity (Wildman–Crippen MR) is 171 cm³/mol. The van der Waals surface area contributed by atoms with Crippen LogP contribution in [-0.2, 0) is 35.6 Å². The zero-order chi connectivity index (χ0) is 32.3. The van der Waals surface area contributed by atoms with Crippen molar-refractivity contribution in [3.05, 3.63) is 83.1 Å². The monoisotopic (exact) mass is 640 g/mol. The molecule has 2 aliphatic heterocycles. The second-order valence-electron chi connectivity index (χ2n) is 11.8.